The first kappa shape index (κ1) is 29.1. The number of para-hydroxylation sites is 1. The van der Waals surface area contributed by atoms with E-state index in [1.807, 2.05) is 65.3 Å². The van der Waals surface area contributed by atoms with Gasteiger partial charge in [0.1, 0.15) is 23.9 Å². The van der Waals surface area contributed by atoms with E-state index in [9.17, 15) is 14.0 Å². The molecule has 0 N–H and O–H groups in total. The molecule has 0 unspecified atom stereocenters. The minimum Gasteiger partial charge on any atom is -0.491 e. The summed E-state index contributed by atoms with van der Waals surface area (Å²) in [5.41, 5.74) is 1.90. The number of carbonyl (C=O) groups is 2. The van der Waals surface area contributed by atoms with E-state index in [2.05, 4.69) is 0 Å². The van der Waals surface area contributed by atoms with Crippen LogP contribution in [0, 0.1) is 5.82 Å². The van der Waals surface area contributed by atoms with Gasteiger partial charge in [-0.3, -0.25) is 9.59 Å². The molecule has 0 saturated carbocycles. The molecule has 0 saturated heterocycles. The van der Waals surface area contributed by atoms with Crippen LogP contribution in [0.25, 0.3) is 11.3 Å². The Bertz CT molecular complexity index is 1490. The number of ether oxygens (including phenoxy) is 1. The van der Waals surface area contributed by atoms with Crippen molar-refractivity contribution < 1.29 is 23.1 Å². The lowest BCUT2D eigenvalue weighted by Gasteiger charge is -2.32. The molecule has 1 aliphatic rings. The molecule has 218 valence electrons. The van der Waals surface area contributed by atoms with Crippen LogP contribution in [-0.2, 0) is 6.42 Å². The molecule has 42 heavy (non-hydrogen) atoms. The van der Waals surface area contributed by atoms with Gasteiger partial charge in [-0.15, -0.1) is 0 Å². The summed E-state index contributed by atoms with van der Waals surface area (Å²) in [6.45, 7) is 4.01. The molecule has 3 aromatic carbocycles. The van der Waals surface area contributed by atoms with Gasteiger partial charge in [0, 0.05) is 19.6 Å². The third-order valence-electron chi connectivity index (χ3n) is 7.77. The van der Waals surface area contributed by atoms with Gasteiger partial charge in [-0.25, -0.2) is 4.39 Å². The van der Waals surface area contributed by atoms with Gasteiger partial charge < -0.3 is 19.0 Å². The van der Waals surface area contributed by atoms with Crippen molar-refractivity contribution in [1.29, 1.82) is 0 Å². The molecule has 6 nitrogen and oxygen atoms in total. The van der Waals surface area contributed by atoms with Gasteiger partial charge in [0.25, 0.3) is 11.8 Å². The highest BCUT2D eigenvalue weighted by molar-refractivity contribution is 5.97. The maximum Gasteiger partial charge on any atom is 0.289 e. The van der Waals surface area contributed by atoms with Crippen molar-refractivity contribution in [2.45, 2.75) is 45.1 Å². The third-order valence-corrected chi connectivity index (χ3v) is 7.77. The van der Waals surface area contributed by atoms with Crippen molar-refractivity contribution in [3.05, 3.63) is 114 Å². The van der Waals surface area contributed by atoms with Crippen LogP contribution in [0.2, 0.25) is 0 Å². The number of rotatable bonds is 5. The quantitative estimate of drug-likeness (QED) is 0.254. The van der Waals surface area contributed by atoms with Gasteiger partial charge in [0.2, 0.25) is 0 Å². The molecular formula is C35H37FN2O4. The van der Waals surface area contributed by atoms with Crippen molar-refractivity contribution in [2.24, 2.45) is 0 Å². The molecule has 4 aromatic rings. The molecular weight excluding hydrogens is 531 g/mol. The third kappa shape index (κ3) is 6.90. The molecule has 0 fully saturated rings. The van der Waals surface area contributed by atoms with Gasteiger partial charge >= 0.3 is 0 Å². The minimum atomic E-state index is -0.408. The Hall–Kier alpha value is -4.39. The zero-order valence-electron chi connectivity index (χ0n) is 24.0. The molecule has 2 heterocycles. The van der Waals surface area contributed by atoms with Crippen LogP contribution in [0.4, 0.5) is 4.39 Å². The second-order valence-corrected chi connectivity index (χ2v) is 10.6. The van der Waals surface area contributed by atoms with E-state index in [-0.39, 0.29) is 30.2 Å². The van der Waals surface area contributed by atoms with E-state index in [1.165, 1.54) is 6.07 Å². The Morgan fingerprint density at radius 2 is 1.52 bits per heavy atom. The van der Waals surface area contributed by atoms with Crippen molar-refractivity contribution in [2.75, 3.05) is 26.2 Å². The van der Waals surface area contributed by atoms with Crippen molar-refractivity contribution in [1.82, 2.24) is 9.80 Å². The van der Waals surface area contributed by atoms with Crippen molar-refractivity contribution in [3.63, 3.8) is 0 Å². The topological polar surface area (TPSA) is 63.0 Å². The molecule has 7 heteroatoms. The van der Waals surface area contributed by atoms with Crippen LogP contribution in [-0.4, -0.2) is 53.9 Å². The molecule has 0 spiro atoms. The predicted octanol–water partition coefficient (Wildman–Crippen LogP) is 7.25. The monoisotopic (exact) mass is 568 g/mol. The average molecular weight is 569 g/mol. The van der Waals surface area contributed by atoms with E-state index in [0.29, 0.717) is 48.7 Å². The standard InChI is InChI=1S/C35H37FN2O4/c1-2-37-22-12-3-4-13-23-38(35(40)33-21-20-32(42-33)28-16-8-10-18-30(28)36)27(24-26-14-6-5-7-15-26)25-41-31-19-11-9-17-29(31)34(37)39/h5-11,14-21,27H,2-4,12-13,22-25H2,1H3/t27-/m1/s1. The summed E-state index contributed by atoms with van der Waals surface area (Å²) in [6, 6.07) is 26.6. The first-order chi connectivity index (χ1) is 20.5. The summed E-state index contributed by atoms with van der Waals surface area (Å²) in [5, 5.41) is 0. The molecule has 1 atom stereocenters. The van der Waals surface area contributed by atoms with Crippen LogP contribution >= 0.6 is 0 Å². The number of carbonyl (C=O) groups excluding carboxylic acids is 2. The zero-order valence-corrected chi connectivity index (χ0v) is 24.0. The number of halogens is 1. The smallest absolute Gasteiger partial charge is 0.289 e. The maximum atomic E-state index is 14.5. The fraction of sp³-hybridized carbons (Fsp3) is 0.314. The van der Waals surface area contributed by atoms with E-state index < -0.39 is 5.82 Å². The number of nitrogens with zero attached hydrogens (tertiary/aromatic N) is 2. The van der Waals surface area contributed by atoms with Gasteiger partial charge in [0.15, 0.2) is 5.76 Å². The summed E-state index contributed by atoms with van der Waals surface area (Å²) < 4.78 is 26.8. The Balaban J connectivity index is 1.48. The highest BCUT2D eigenvalue weighted by Crippen LogP contribution is 2.27. The lowest BCUT2D eigenvalue weighted by Crippen LogP contribution is -2.45. The Morgan fingerprint density at radius 1 is 0.833 bits per heavy atom. The highest BCUT2D eigenvalue weighted by atomic mass is 19.1. The van der Waals surface area contributed by atoms with Crippen LogP contribution in [0.5, 0.6) is 5.75 Å². The molecule has 0 radical (unpaired) electrons. The summed E-state index contributed by atoms with van der Waals surface area (Å²) in [5.74, 6) is 0.242. The maximum absolute atomic E-state index is 14.5. The molecule has 0 aliphatic carbocycles. The van der Waals surface area contributed by atoms with Gasteiger partial charge in [-0.05, 0) is 68.1 Å². The SMILES string of the molecule is CCN1CCCCCCN(C(=O)c2ccc(-c3ccccc3F)o2)[C@H](Cc2ccccc2)COc2ccccc2C1=O. The predicted molar refractivity (Wildman–Crippen MR) is 161 cm³/mol. The van der Waals surface area contributed by atoms with E-state index in [1.54, 1.807) is 36.4 Å². The lowest BCUT2D eigenvalue weighted by atomic mass is 10.0. The first-order valence-corrected chi connectivity index (χ1v) is 14.8. The van der Waals surface area contributed by atoms with Gasteiger partial charge in [-0.1, -0.05) is 67.4 Å². The number of furan rings is 1. The van der Waals surface area contributed by atoms with Crippen LogP contribution < -0.4 is 4.74 Å². The number of benzene rings is 3. The number of hydrogen-bond donors (Lipinski definition) is 0. The largest absolute Gasteiger partial charge is 0.491 e. The highest BCUT2D eigenvalue weighted by Gasteiger charge is 2.29. The minimum absolute atomic E-state index is 0.0473. The summed E-state index contributed by atoms with van der Waals surface area (Å²) in [7, 11) is 0. The number of fused-ring (bicyclic) bond motifs is 1. The fourth-order valence-corrected chi connectivity index (χ4v) is 5.46. The molecule has 5 rings (SSSR count). The van der Waals surface area contributed by atoms with Gasteiger partial charge in [-0.2, -0.15) is 0 Å². The second kappa shape index (κ2) is 14.0. The van der Waals surface area contributed by atoms with Crippen molar-refractivity contribution >= 4 is 11.8 Å². The average Bonchev–Trinajstić information content (AvgIpc) is 3.51. The van der Waals surface area contributed by atoms with Crippen molar-refractivity contribution in [3.8, 4) is 17.1 Å². The number of amides is 2. The second-order valence-electron chi connectivity index (χ2n) is 10.6. The van der Waals surface area contributed by atoms with Crippen LogP contribution in [0.3, 0.4) is 0 Å². The van der Waals surface area contributed by atoms with Crippen LogP contribution in [0.1, 0.15) is 59.1 Å². The molecule has 2 amide bonds. The molecule has 1 aliphatic heterocycles. The van der Waals surface area contributed by atoms with E-state index >= 15 is 0 Å². The Kier molecular flexibility index (Phi) is 9.70. The summed E-state index contributed by atoms with van der Waals surface area (Å²) >= 11 is 0. The number of hydrogen-bond acceptors (Lipinski definition) is 4. The first-order valence-electron chi connectivity index (χ1n) is 14.8. The zero-order chi connectivity index (χ0) is 29.3. The molecule has 0 bridgehead atoms. The van der Waals surface area contributed by atoms with E-state index in [0.717, 1.165) is 31.2 Å². The summed E-state index contributed by atoms with van der Waals surface area (Å²) in [4.78, 5) is 31.2. The van der Waals surface area contributed by atoms with Crippen LogP contribution in [0.15, 0.2) is 95.4 Å². The Morgan fingerprint density at radius 3 is 2.29 bits per heavy atom. The lowest BCUT2D eigenvalue weighted by molar-refractivity contribution is 0.0568. The Labute approximate surface area is 246 Å². The summed E-state index contributed by atoms with van der Waals surface area (Å²) in [6.07, 6.45) is 4.11. The normalized spacial score (nSPS) is 16.8. The molecule has 1 aromatic heterocycles. The fourth-order valence-electron chi connectivity index (χ4n) is 5.46. The van der Waals surface area contributed by atoms with E-state index in [4.69, 9.17) is 9.15 Å². The van der Waals surface area contributed by atoms with Gasteiger partial charge in [0.05, 0.1) is 17.2 Å².